The summed E-state index contributed by atoms with van der Waals surface area (Å²) in [5.41, 5.74) is 1.27. The summed E-state index contributed by atoms with van der Waals surface area (Å²) in [6.45, 7) is 3.23. The van der Waals surface area contributed by atoms with E-state index in [-0.39, 0.29) is 5.54 Å². The summed E-state index contributed by atoms with van der Waals surface area (Å²) in [6, 6.07) is 7.46. The van der Waals surface area contributed by atoms with E-state index < -0.39 is 0 Å². The van der Waals surface area contributed by atoms with E-state index in [0.717, 1.165) is 13.0 Å². The molecule has 1 fully saturated rings. The SMILES string of the molecule is CC1(c2cccc(O)c2)CCN1. The molecule has 0 amide bonds. The van der Waals surface area contributed by atoms with Crippen molar-refractivity contribution in [2.75, 3.05) is 6.54 Å². The first kappa shape index (κ1) is 7.62. The molecular formula is C10H13NO. The molecule has 1 heterocycles. The highest BCUT2D eigenvalue weighted by Gasteiger charge is 2.32. The number of phenolic OH excluding ortho intramolecular Hbond substituents is 1. The van der Waals surface area contributed by atoms with Crippen molar-refractivity contribution < 1.29 is 5.11 Å². The van der Waals surface area contributed by atoms with Crippen LogP contribution in [0, 0.1) is 0 Å². The number of hydrogen-bond acceptors (Lipinski definition) is 2. The lowest BCUT2D eigenvalue weighted by Crippen LogP contribution is -2.51. The van der Waals surface area contributed by atoms with E-state index in [1.54, 1.807) is 6.07 Å². The van der Waals surface area contributed by atoms with E-state index >= 15 is 0 Å². The lowest BCUT2D eigenvalue weighted by Gasteiger charge is -2.40. The molecule has 1 saturated heterocycles. The molecule has 2 nitrogen and oxygen atoms in total. The van der Waals surface area contributed by atoms with Gasteiger partial charge in [-0.2, -0.15) is 0 Å². The lowest BCUT2D eigenvalue weighted by molar-refractivity contribution is 0.236. The molecule has 12 heavy (non-hydrogen) atoms. The third-order valence-corrected chi connectivity index (χ3v) is 2.62. The van der Waals surface area contributed by atoms with Crippen LogP contribution in [0.1, 0.15) is 18.9 Å². The van der Waals surface area contributed by atoms with Gasteiger partial charge in [0.2, 0.25) is 0 Å². The summed E-state index contributed by atoms with van der Waals surface area (Å²) in [7, 11) is 0. The van der Waals surface area contributed by atoms with E-state index in [1.165, 1.54) is 5.56 Å². The Balaban J connectivity index is 2.33. The van der Waals surface area contributed by atoms with Gasteiger partial charge in [0.05, 0.1) is 0 Å². The molecule has 0 saturated carbocycles. The maximum atomic E-state index is 9.27. The standard InChI is InChI=1S/C10H13NO/c1-10(5-6-11-10)8-3-2-4-9(12)7-8/h2-4,7,11-12H,5-6H2,1H3. The van der Waals surface area contributed by atoms with Gasteiger partial charge in [-0.15, -0.1) is 0 Å². The Morgan fingerprint density at radius 3 is 2.75 bits per heavy atom. The molecule has 1 aromatic carbocycles. The highest BCUT2D eigenvalue weighted by Crippen LogP contribution is 2.31. The third-order valence-electron chi connectivity index (χ3n) is 2.62. The first-order valence-corrected chi connectivity index (χ1v) is 4.25. The molecule has 0 spiro atoms. The normalized spacial score (nSPS) is 28.1. The van der Waals surface area contributed by atoms with Gasteiger partial charge in [0.15, 0.2) is 0 Å². The van der Waals surface area contributed by atoms with Crippen molar-refractivity contribution in [3.8, 4) is 5.75 Å². The fourth-order valence-electron chi connectivity index (χ4n) is 1.60. The van der Waals surface area contributed by atoms with E-state index in [4.69, 9.17) is 0 Å². The lowest BCUT2D eigenvalue weighted by atomic mass is 9.83. The summed E-state index contributed by atoms with van der Waals surface area (Å²) in [5.74, 6) is 0.349. The number of rotatable bonds is 1. The molecule has 1 aliphatic rings. The van der Waals surface area contributed by atoms with Crippen LogP contribution in [0.15, 0.2) is 24.3 Å². The molecule has 2 heteroatoms. The van der Waals surface area contributed by atoms with Crippen molar-refractivity contribution >= 4 is 0 Å². The predicted molar refractivity (Wildman–Crippen MR) is 48.1 cm³/mol. The quantitative estimate of drug-likeness (QED) is 0.659. The Kier molecular flexibility index (Phi) is 1.58. The fraction of sp³-hybridized carbons (Fsp3) is 0.400. The number of aromatic hydroxyl groups is 1. The smallest absolute Gasteiger partial charge is 0.115 e. The zero-order valence-corrected chi connectivity index (χ0v) is 7.17. The number of nitrogens with one attached hydrogen (secondary N) is 1. The zero-order valence-electron chi connectivity index (χ0n) is 7.17. The van der Waals surface area contributed by atoms with Crippen molar-refractivity contribution in [3.63, 3.8) is 0 Å². The van der Waals surface area contributed by atoms with Crippen molar-refractivity contribution in [1.82, 2.24) is 5.32 Å². The van der Waals surface area contributed by atoms with Crippen molar-refractivity contribution in [2.24, 2.45) is 0 Å². The monoisotopic (exact) mass is 163 g/mol. The fourth-order valence-corrected chi connectivity index (χ4v) is 1.60. The molecule has 1 unspecified atom stereocenters. The minimum Gasteiger partial charge on any atom is -0.508 e. The average molecular weight is 163 g/mol. The van der Waals surface area contributed by atoms with Crippen LogP contribution < -0.4 is 5.32 Å². The molecule has 2 rings (SSSR count). The van der Waals surface area contributed by atoms with E-state index in [2.05, 4.69) is 12.2 Å². The van der Waals surface area contributed by atoms with Gasteiger partial charge < -0.3 is 10.4 Å². The van der Waals surface area contributed by atoms with Gasteiger partial charge in [-0.3, -0.25) is 0 Å². The summed E-state index contributed by atoms with van der Waals surface area (Å²) < 4.78 is 0. The molecule has 0 aromatic heterocycles. The van der Waals surface area contributed by atoms with E-state index in [0.29, 0.717) is 5.75 Å². The number of phenols is 1. The van der Waals surface area contributed by atoms with Crippen molar-refractivity contribution in [2.45, 2.75) is 18.9 Å². The minimum absolute atomic E-state index is 0.0960. The van der Waals surface area contributed by atoms with Gasteiger partial charge in [-0.1, -0.05) is 12.1 Å². The zero-order chi connectivity index (χ0) is 8.60. The minimum atomic E-state index is 0.0960. The van der Waals surface area contributed by atoms with Crippen LogP contribution in [0.3, 0.4) is 0 Å². The number of benzene rings is 1. The molecule has 1 aromatic rings. The van der Waals surface area contributed by atoms with Crippen LogP contribution in [0.25, 0.3) is 0 Å². The molecule has 0 aliphatic carbocycles. The summed E-state index contributed by atoms with van der Waals surface area (Å²) in [4.78, 5) is 0. The third kappa shape index (κ3) is 1.08. The van der Waals surface area contributed by atoms with Crippen LogP contribution in [0.4, 0.5) is 0 Å². The van der Waals surface area contributed by atoms with E-state index in [9.17, 15) is 5.11 Å². The van der Waals surface area contributed by atoms with Crippen LogP contribution in [-0.2, 0) is 5.54 Å². The van der Waals surface area contributed by atoms with Gasteiger partial charge in [-0.25, -0.2) is 0 Å². The van der Waals surface area contributed by atoms with Gasteiger partial charge in [0.1, 0.15) is 5.75 Å². The summed E-state index contributed by atoms with van der Waals surface area (Å²) >= 11 is 0. The first-order chi connectivity index (χ1) is 5.71. The Labute approximate surface area is 72.2 Å². The highest BCUT2D eigenvalue weighted by molar-refractivity contribution is 5.33. The Morgan fingerprint density at radius 1 is 1.50 bits per heavy atom. The Bertz CT molecular complexity index is 292. The van der Waals surface area contributed by atoms with Crippen molar-refractivity contribution in [1.29, 1.82) is 0 Å². The Hall–Kier alpha value is -1.02. The maximum Gasteiger partial charge on any atom is 0.115 e. The second kappa shape index (κ2) is 2.49. The Morgan fingerprint density at radius 2 is 2.25 bits per heavy atom. The second-order valence-corrected chi connectivity index (χ2v) is 3.56. The molecule has 1 aliphatic heterocycles. The molecule has 1 atom stereocenters. The molecule has 64 valence electrons. The largest absolute Gasteiger partial charge is 0.508 e. The van der Waals surface area contributed by atoms with Crippen LogP contribution in [0.2, 0.25) is 0 Å². The van der Waals surface area contributed by atoms with Crippen LogP contribution in [-0.4, -0.2) is 11.7 Å². The summed E-state index contributed by atoms with van der Waals surface area (Å²) in [5, 5.41) is 12.6. The molecule has 0 radical (unpaired) electrons. The van der Waals surface area contributed by atoms with Gasteiger partial charge in [0, 0.05) is 5.54 Å². The maximum absolute atomic E-state index is 9.27. The molecular weight excluding hydrogens is 150 g/mol. The van der Waals surface area contributed by atoms with Gasteiger partial charge in [0.25, 0.3) is 0 Å². The van der Waals surface area contributed by atoms with Gasteiger partial charge >= 0.3 is 0 Å². The average Bonchev–Trinajstić information content (AvgIpc) is 2.00. The first-order valence-electron chi connectivity index (χ1n) is 4.25. The topological polar surface area (TPSA) is 32.3 Å². The molecule has 2 N–H and O–H groups in total. The number of hydrogen-bond donors (Lipinski definition) is 2. The second-order valence-electron chi connectivity index (χ2n) is 3.56. The highest BCUT2D eigenvalue weighted by atomic mass is 16.3. The molecule has 0 bridgehead atoms. The van der Waals surface area contributed by atoms with E-state index in [1.807, 2.05) is 18.2 Å². The summed E-state index contributed by atoms with van der Waals surface area (Å²) in [6.07, 6.45) is 1.15. The van der Waals surface area contributed by atoms with Crippen LogP contribution in [0.5, 0.6) is 5.75 Å². The predicted octanol–water partition coefficient (Wildman–Crippen LogP) is 1.60. The van der Waals surface area contributed by atoms with Crippen molar-refractivity contribution in [3.05, 3.63) is 29.8 Å². The van der Waals surface area contributed by atoms with Gasteiger partial charge in [-0.05, 0) is 37.6 Å². The van der Waals surface area contributed by atoms with Crippen LogP contribution >= 0.6 is 0 Å².